The Morgan fingerprint density at radius 2 is 1.87 bits per heavy atom. The normalized spacial score (nSPS) is 27.0. The molecule has 0 amide bonds. The van der Waals surface area contributed by atoms with Crippen LogP contribution in [0.25, 0.3) is 0 Å². The SMILES string of the molecule is Nc1ccn([C@H]2CC(O)[C@@H](COP(=O)(O)OP(=O)([O-])OP(=O)([O-])O)O2)c(=O)n1.[Na+].[Na+]. The summed E-state index contributed by atoms with van der Waals surface area (Å²) in [6.45, 7) is -0.892. The first-order valence-electron chi connectivity index (χ1n) is 7.10. The summed E-state index contributed by atoms with van der Waals surface area (Å²) < 4.78 is 50.4. The minimum atomic E-state index is -5.97. The van der Waals surface area contributed by atoms with E-state index in [1.807, 2.05) is 0 Å². The molecule has 1 fully saturated rings. The number of ether oxygens (including phenoxy) is 1. The van der Waals surface area contributed by atoms with Crippen molar-refractivity contribution >= 4 is 29.3 Å². The summed E-state index contributed by atoms with van der Waals surface area (Å²) in [5, 5.41) is 9.92. The minimum absolute atomic E-state index is 0. The Labute approximate surface area is 212 Å². The van der Waals surface area contributed by atoms with E-state index in [0.717, 1.165) is 4.57 Å². The molecule has 1 aliphatic rings. The molecule has 16 nitrogen and oxygen atoms in total. The van der Waals surface area contributed by atoms with Gasteiger partial charge < -0.3 is 35.2 Å². The molecule has 2 rings (SSSR count). The first-order valence-corrected chi connectivity index (χ1v) is 11.6. The van der Waals surface area contributed by atoms with Gasteiger partial charge in [-0.15, -0.1) is 0 Å². The first-order chi connectivity index (χ1) is 12.7. The van der Waals surface area contributed by atoms with Crippen LogP contribution in [0.5, 0.6) is 0 Å². The van der Waals surface area contributed by atoms with E-state index >= 15 is 0 Å². The third kappa shape index (κ3) is 9.87. The van der Waals surface area contributed by atoms with Gasteiger partial charge >= 0.3 is 72.6 Å². The number of phosphoric acid groups is 3. The zero-order valence-electron chi connectivity index (χ0n) is 15.5. The van der Waals surface area contributed by atoms with E-state index in [1.54, 1.807) is 0 Å². The predicted octanol–water partition coefficient (Wildman–Crippen LogP) is -8.44. The monoisotopic (exact) mass is 511 g/mol. The molecule has 21 heteroatoms. The third-order valence-corrected chi connectivity index (χ3v) is 6.90. The van der Waals surface area contributed by atoms with Crippen molar-refractivity contribution in [1.82, 2.24) is 9.55 Å². The maximum atomic E-state index is 11.8. The molecule has 0 aromatic carbocycles. The molecule has 30 heavy (non-hydrogen) atoms. The van der Waals surface area contributed by atoms with Crippen LogP contribution >= 0.6 is 23.5 Å². The number of aliphatic hydroxyl groups excluding tert-OH is 1. The zero-order valence-corrected chi connectivity index (χ0v) is 22.2. The molecule has 1 aliphatic heterocycles. The fourth-order valence-corrected chi connectivity index (χ4v) is 5.07. The zero-order chi connectivity index (χ0) is 21.3. The van der Waals surface area contributed by atoms with Gasteiger partial charge in [-0.2, -0.15) is 4.98 Å². The van der Waals surface area contributed by atoms with Gasteiger partial charge in [0.2, 0.25) is 0 Å². The van der Waals surface area contributed by atoms with Gasteiger partial charge in [0.05, 0.1) is 12.7 Å². The molecule has 160 valence electrons. The molecule has 0 bridgehead atoms. The topological polar surface area (TPSA) is 256 Å². The summed E-state index contributed by atoms with van der Waals surface area (Å²) in [5.74, 6) is -0.0483. The van der Waals surface area contributed by atoms with Gasteiger partial charge in [-0.1, -0.05) is 0 Å². The molecule has 0 radical (unpaired) electrons. The summed E-state index contributed by atoms with van der Waals surface area (Å²) in [7, 11) is -17.2. The van der Waals surface area contributed by atoms with Gasteiger partial charge in [0.15, 0.2) is 0 Å². The molecule has 0 saturated carbocycles. The van der Waals surface area contributed by atoms with Crippen molar-refractivity contribution in [1.29, 1.82) is 0 Å². The Balaban J connectivity index is 0.00000420. The summed E-state index contributed by atoms with van der Waals surface area (Å²) in [4.78, 5) is 54.3. The van der Waals surface area contributed by atoms with Gasteiger partial charge in [0.1, 0.15) is 18.1 Å². The standard InChI is InChI=1S/C9H16N3O13P3.2Na/c10-7-1-2-12(9(14)11-7)8-3-5(13)6(23-8)4-22-27(18,19)25-28(20,21)24-26(15,16)17;;/h1-2,5-6,8,13H,3-4H2,(H,18,19)(H,20,21)(H2,10,11,14)(H2,15,16,17);;/q;2*+1/p-2/t5?,6-,8-;;/m1../s1. The van der Waals surface area contributed by atoms with Crippen LogP contribution in [0, 0.1) is 0 Å². The van der Waals surface area contributed by atoms with Crippen LogP contribution in [-0.4, -0.2) is 43.3 Å². The fraction of sp³-hybridized carbons (Fsp3) is 0.556. The van der Waals surface area contributed by atoms with E-state index in [2.05, 4.69) is 18.1 Å². The summed E-state index contributed by atoms with van der Waals surface area (Å²) >= 11 is 0. The maximum absolute atomic E-state index is 11.8. The molecule has 0 aliphatic carbocycles. The Morgan fingerprint density at radius 3 is 2.40 bits per heavy atom. The number of nitrogen functional groups attached to an aromatic ring is 1. The Kier molecular flexibility index (Phi) is 12.3. The number of nitrogens with zero attached hydrogens (tertiary/aromatic N) is 2. The third-order valence-electron chi connectivity index (χ3n) is 3.17. The Morgan fingerprint density at radius 1 is 1.27 bits per heavy atom. The summed E-state index contributed by atoms with van der Waals surface area (Å²) in [6, 6.07) is 1.29. The number of aromatic nitrogens is 2. The quantitative estimate of drug-likeness (QED) is 0.187. The average molecular weight is 511 g/mol. The molecule has 1 aromatic heterocycles. The van der Waals surface area contributed by atoms with Crippen molar-refractivity contribution in [3.8, 4) is 0 Å². The molecule has 1 aromatic rings. The van der Waals surface area contributed by atoms with E-state index in [4.69, 9.17) is 15.4 Å². The second-order valence-electron chi connectivity index (χ2n) is 5.32. The van der Waals surface area contributed by atoms with Crippen molar-refractivity contribution < 1.29 is 115 Å². The van der Waals surface area contributed by atoms with Crippen LogP contribution in [0.2, 0.25) is 0 Å². The minimum Gasteiger partial charge on any atom is -0.756 e. The Bertz CT molecular complexity index is 925. The smallest absolute Gasteiger partial charge is 0.756 e. The summed E-state index contributed by atoms with van der Waals surface area (Å²) in [5.41, 5.74) is 4.56. The number of hydrogen-bond donors (Lipinski definition) is 4. The van der Waals surface area contributed by atoms with Crippen molar-refractivity contribution in [2.45, 2.75) is 24.9 Å². The summed E-state index contributed by atoms with van der Waals surface area (Å²) in [6.07, 6.45) is -2.54. The molecule has 6 atom stereocenters. The molecular weight excluding hydrogens is 497 g/mol. The van der Waals surface area contributed by atoms with Crippen LogP contribution in [0.1, 0.15) is 12.6 Å². The van der Waals surface area contributed by atoms with Crippen molar-refractivity contribution in [2.75, 3.05) is 12.3 Å². The number of hydrogen-bond acceptors (Lipinski definition) is 13. The van der Waals surface area contributed by atoms with Crippen molar-refractivity contribution in [3.63, 3.8) is 0 Å². The molecule has 0 spiro atoms. The average Bonchev–Trinajstić information content (AvgIpc) is 2.82. The number of rotatable bonds is 8. The largest absolute Gasteiger partial charge is 1.00 e. The van der Waals surface area contributed by atoms with E-state index in [9.17, 15) is 38.3 Å². The number of phosphoric ester groups is 1. The van der Waals surface area contributed by atoms with Gasteiger partial charge in [-0.3, -0.25) is 18.2 Å². The molecule has 1 saturated heterocycles. The Hall–Kier alpha value is 1.01. The fourth-order valence-electron chi connectivity index (χ4n) is 2.14. The van der Waals surface area contributed by atoms with E-state index in [-0.39, 0.29) is 71.4 Å². The molecular formula is C9H14N3Na2O13P3. The van der Waals surface area contributed by atoms with Crippen LogP contribution < -0.4 is 80.3 Å². The predicted molar refractivity (Wildman–Crippen MR) is 82.8 cm³/mol. The molecule has 2 heterocycles. The van der Waals surface area contributed by atoms with Crippen LogP contribution in [0.15, 0.2) is 17.1 Å². The molecule has 4 unspecified atom stereocenters. The maximum Gasteiger partial charge on any atom is 1.00 e. The second-order valence-corrected chi connectivity index (χ2v) is 9.65. The van der Waals surface area contributed by atoms with E-state index in [0.29, 0.717) is 0 Å². The first kappa shape index (κ1) is 31.0. The van der Waals surface area contributed by atoms with Crippen LogP contribution in [0.3, 0.4) is 0 Å². The van der Waals surface area contributed by atoms with Crippen LogP contribution in [0.4, 0.5) is 5.82 Å². The second kappa shape index (κ2) is 11.9. The van der Waals surface area contributed by atoms with Crippen LogP contribution in [-0.2, 0) is 31.6 Å². The molecule has 5 N–H and O–H groups in total. The van der Waals surface area contributed by atoms with E-state index < -0.39 is 54.2 Å². The van der Waals surface area contributed by atoms with Gasteiger partial charge in [0, 0.05) is 12.6 Å². The van der Waals surface area contributed by atoms with Gasteiger partial charge in [-0.05, 0) is 6.07 Å². The van der Waals surface area contributed by atoms with E-state index in [1.165, 1.54) is 12.3 Å². The number of anilines is 1. The number of nitrogens with two attached hydrogens (primary N) is 1. The van der Waals surface area contributed by atoms with Gasteiger partial charge in [-0.25, -0.2) is 18.0 Å². The number of aliphatic hydroxyl groups is 1. The van der Waals surface area contributed by atoms with Crippen molar-refractivity contribution in [2.24, 2.45) is 0 Å². The van der Waals surface area contributed by atoms with Crippen molar-refractivity contribution in [3.05, 3.63) is 22.7 Å². The van der Waals surface area contributed by atoms with Gasteiger partial charge in [0.25, 0.3) is 15.6 Å².